The molecule has 1 fully saturated rings. The molecule has 0 amide bonds. The second kappa shape index (κ2) is 7.31. The summed E-state index contributed by atoms with van der Waals surface area (Å²) in [5.41, 5.74) is -0.0962. The molecule has 0 bridgehead atoms. The van der Waals surface area contributed by atoms with Crippen LogP contribution >= 0.6 is 0 Å². The number of morpholine rings is 1. The number of β-amino-alcohol motifs (C(OH)–C–C–N with tert-alkyl or cyclic N) is 1. The van der Waals surface area contributed by atoms with Gasteiger partial charge >= 0.3 is 0 Å². The lowest BCUT2D eigenvalue weighted by Gasteiger charge is -2.38. The zero-order valence-electron chi connectivity index (χ0n) is 11.4. The Morgan fingerprint density at radius 3 is 2.88 bits per heavy atom. The topological polar surface area (TPSA) is 41.9 Å². The summed E-state index contributed by atoms with van der Waals surface area (Å²) < 4.78 is 11.1. The number of ether oxygens (including phenoxy) is 2. The maximum Gasteiger partial charge on any atom is 0.0900 e. The highest BCUT2D eigenvalue weighted by Crippen LogP contribution is 2.16. The summed E-state index contributed by atoms with van der Waals surface area (Å²) in [5, 5.41) is 9.86. The molecule has 1 saturated heterocycles. The molecule has 1 aliphatic rings. The minimum Gasteiger partial charge on any atom is -0.389 e. The van der Waals surface area contributed by atoms with Crippen LogP contribution in [-0.4, -0.2) is 61.2 Å². The summed E-state index contributed by atoms with van der Waals surface area (Å²) in [7, 11) is 0. The number of hydrogen-bond acceptors (Lipinski definition) is 4. The van der Waals surface area contributed by atoms with E-state index in [4.69, 9.17) is 9.47 Å². The summed E-state index contributed by atoms with van der Waals surface area (Å²) >= 11 is 0. The van der Waals surface area contributed by atoms with Crippen molar-refractivity contribution in [1.82, 2.24) is 4.90 Å². The van der Waals surface area contributed by atoms with Crippen molar-refractivity contribution in [1.29, 1.82) is 0 Å². The molecular formula is C13H27NO3. The second-order valence-corrected chi connectivity index (χ2v) is 5.43. The third-order valence-corrected chi connectivity index (χ3v) is 2.93. The van der Waals surface area contributed by atoms with Crippen LogP contribution < -0.4 is 0 Å². The van der Waals surface area contributed by atoms with Gasteiger partial charge < -0.3 is 14.6 Å². The van der Waals surface area contributed by atoms with E-state index in [-0.39, 0.29) is 11.7 Å². The Morgan fingerprint density at radius 1 is 1.47 bits per heavy atom. The van der Waals surface area contributed by atoms with Gasteiger partial charge in [0, 0.05) is 26.2 Å². The van der Waals surface area contributed by atoms with Gasteiger partial charge in [0.1, 0.15) is 0 Å². The molecule has 1 N–H and O–H groups in total. The van der Waals surface area contributed by atoms with E-state index < -0.39 is 0 Å². The van der Waals surface area contributed by atoms with Crippen LogP contribution in [-0.2, 0) is 9.47 Å². The van der Waals surface area contributed by atoms with Crippen molar-refractivity contribution in [3.63, 3.8) is 0 Å². The van der Waals surface area contributed by atoms with Gasteiger partial charge in [0.15, 0.2) is 0 Å². The third-order valence-electron chi connectivity index (χ3n) is 2.93. The molecule has 1 aliphatic heterocycles. The van der Waals surface area contributed by atoms with Crippen molar-refractivity contribution < 1.29 is 14.6 Å². The summed E-state index contributed by atoms with van der Waals surface area (Å²) in [4.78, 5) is 2.25. The van der Waals surface area contributed by atoms with Crippen molar-refractivity contribution in [2.45, 2.75) is 45.3 Å². The number of nitrogens with zero attached hydrogens (tertiary/aromatic N) is 1. The lowest BCUT2D eigenvalue weighted by atomic mass is 10.1. The number of rotatable bonds is 7. The number of unbranched alkanes of at least 4 members (excludes halogenated alkanes) is 1. The lowest BCUT2D eigenvalue weighted by molar-refractivity contribution is -0.0971. The van der Waals surface area contributed by atoms with E-state index in [1.165, 1.54) is 0 Å². The van der Waals surface area contributed by atoms with Crippen LogP contribution in [0.5, 0.6) is 0 Å². The van der Waals surface area contributed by atoms with Crippen LogP contribution in [0.1, 0.15) is 33.6 Å². The van der Waals surface area contributed by atoms with Gasteiger partial charge in [0.2, 0.25) is 0 Å². The maximum atomic E-state index is 9.86. The Labute approximate surface area is 105 Å². The van der Waals surface area contributed by atoms with Crippen molar-refractivity contribution in [3.05, 3.63) is 0 Å². The molecule has 0 saturated carbocycles. The lowest BCUT2D eigenvalue weighted by Crippen LogP contribution is -2.50. The summed E-state index contributed by atoms with van der Waals surface area (Å²) in [5.74, 6) is 0. The van der Waals surface area contributed by atoms with E-state index in [9.17, 15) is 5.11 Å². The van der Waals surface area contributed by atoms with Crippen LogP contribution in [0.2, 0.25) is 0 Å². The minimum atomic E-state index is -0.388. The molecule has 0 aliphatic carbocycles. The Morgan fingerprint density at radius 2 is 2.24 bits per heavy atom. The minimum absolute atomic E-state index is 0.0962. The van der Waals surface area contributed by atoms with Crippen molar-refractivity contribution in [3.8, 4) is 0 Å². The molecule has 1 rings (SSSR count). The average Bonchev–Trinajstić information content (AvgIpc) is 2.23. The van der Waals surface area contributed by atoms with E-state index in [0.717, 1.165) is 39.1 Å². The Balaban J connectivity index is 2.15. The van der Waals surface area contributed by atoms with Crippen LogP contribution in [0.4, 0.5) is 0 Å². The zero-order chi connectivity index (χ0) is 12.7. The predicted octanol–water partition coefficient (Wildman–Crippen LogP) is 1.27. The highest BCUT2D eigenvalue weighted by atomic mass is 16.5. The first-order valence-electron chi connectivity index (χ1n) is 6.65. The molecule has 0 aromatic heterocycles. The first-order valence-corrected chi connectivity index (χ1v) is 6.65. The van der Waals surface area contributed by atoms with Crippen LogP contribution in [0.15, 0.2) is 0 Å². The molecule has 4 heteroatoms. The highest BCUT2D eigenvalue weighted by Gasteiger charge is 2.27. The molecule has 102 valence electrons. The number of hydrogen-bond donors (Lipinski definition) is 1. The first kappa shape index (κ1) is 14.9. The van der Waals surface area contributed by atoms with Gasteiger partial charge in [-0.15, -0.1) is 0 Å². The van der Waals surface area contributed by atoms with E-state index in [1.54, 1.807) is 0 Å². The average molecular weight is 245 g/mol. The standard InChI is InChI=1S/C13H27NO3/c1-4-5-7-16-10-12(15)9-14-6-8-17-13(2,3)11-14/h12,15H,4-11H2,1-3H3. The Hall–Kier alpha value is -0.160. The SMILES string of the molecule is CCCCOCC(O)CN1CCOC(C)(C)C1. The molecule has 4 nitrogen and oxygen atoms in total. The monoisotopic (exact) mass is 245 g/mol. The van der Waals surface area contributed by atoms with Crippen LogP contribution in [0.3, 0.4) is 0 Å². The largest absolute Gasteiger partial charge is 0.389 e. The van der Waals surface area contributed by atoms with Gasteiger partial charge in [0.05, 0.1) is 24.9 Å². The molecule has 0 aromatic rings. The molecular weight excluding hydrogens is 218 g/mol. The molecule has 1 atom stereocenters. The fourth-order valence-electron chi connectivity index (χ4n) is 2.09. The van der Waals surface area contributed by atoms with Gasteiger partial charge in [-0.3, -0.25) is 4.90 Å². The van der Waals surface area contributed by atoms with Gasteiger partial charge in [-0.1, -0.05) is 13.3 Å². The van der Waals surface area contributed by atoms with E-state index in [1.807, 2.05) is 0 Å². The van der Waals surface area contributed by atoms with Crippen LogP contribution in [0, 0.1) is 0 Å². The second-order valence-electron chi connectivity index (χ2n) is 5.43. The maximum absolute atomic E-state index is 9.86. The normalized spacial score (nSPS) is 22.6. The fraction of sp³-hybridized carbons (Fsp3) is 1.00. The summed E-state index contributed by atoms with van der Waals surface area (Å²) in [6.45, 7) is 10.7. The Kier molecular flexibility index (Phi) is 6.41. The molecule has 1 heterocycles. The smallest absolute Gasteiger partial charge is 0.0900 e. The quantitative estimate of drug-likeness (QED) is 0.686. The van der Waals surface area contributed by atoms with Gasteiger partial charge in [0.25, 0.3) is 0 Å². The fourth-order valence-corrected chi connectivity index (χ4v) is 2.09. The van der Waals surface area contributed by atoms with Crippen molar-refractivity contribution in [2.24, 2.45) is 0 Å². The number of aliphatic hydroxyl groups is 1. The molecule has 0 radical (unpaired) electrons. The summed E-state index contributed by atoms with van der Waals surface area (Å²) in [6, 6.07) is 0. The van der Waals surface area contributed by atoms with Crippen molar-refractivity contribution >= 4 is 0 Å². The summed E-state index contributed by atoms with van der Waals surface area (Å²) in [6.07, 6.45) is 1.81. The van der Waals surface area contributed by atoms with E-state index in [2.05, 4.69) is 25.7 Å². The molecule has 17 heavy (non-hydrogen) atoms. The molecule has 0 aromatic carbocycles. The van der Waals surface area contributed by atoms with E-state index in [0.29, 0.717) is 13.2 Å². The van der Waals surface area contributed by atoms with Gasteiger partial charge in [-0.25, -0.2) is 0 Å². The zero-order valence-corrected chi connectivity index (χ0v) is 11.4. The molecule has 0 spiro atoms. The predicted molar refractivity (Wildman–Crippen MR) is 68.2 cm³/mol. The van der Waals surface area contributed by atoms with E-state index >= 15 is 0 Å². The first-order chi connectivity index (χ1) is 8.03. The van der Waals surface area contributed by atoms with Gasteiger partial charge in [-0.05, 0) is 20.3 Å². The van der Waals surface area contributed by atoms with Crippen molar-refractivity contribution in [2.75, 3.05) is 39.5 Å². The van der Waals surface area contributed by atoms with Gasteiger partial charge in [-0.2, -0.15) is 0 Å². The third kappa shape index (κ3) is 6.36. The highest BCUT2D eigenvalue weighted by molar-refractivity contribution is 4.80. The Bertz CT molecular complexity index is 209. The van der Waals surface area contributed by atoms with Crippen LogP contribution in [0.25, 0.3) is 0 Å². The molecule has 1 unspecified atom stereocenters. The number of aliphatic hydroxyl groups excluding tert-OH is 1.